The van der Waals surface area contributed by atoms with Gasteiger partial charge in [0.25, 0.3) is 0 Å². The lowest BCUT2D eigenvalue weighted by Crippen LogP contribution is -2.52. The summed E-state index contributed by atoms with van der Waals surface area (Å²) in [7, 11) is 0. The van der Waals surface area contributed by atoms with Crippen molar-refractivity contribution >= 4 is 23.5 Å². The molecule has 2 N–H and O–H groups in total. The van der Waals surface area contributed by atoms with Gasteiger partial charge in [0.15, 0.2) is 0 Å². The van der Waals surface area contributed by atoms with E-state index in [1.165, 1.54) is 36.1 Å². The van der Waals surface area contributed by atoms with Crippen LogP contribution in [0, 0.1) is 18.6 Å². The minimum atomic E-state index is -0.551. The molecule has 10 heteroatoms. The van der Waals surface area contributed by atoms with Crippen LogP contribution in [-0.4, -0.2) is 77.5 Å². The van der Waals surface area contributed by atoms with E-state index in [1.54, 1.807) is 12.4 Å². The number of hydrogen-bond donors (Lipinski definition) is 2. The Labute approximate surface area is 238 Å². The predicted octanol–water partition coefficient (Wildman–Crippen LogP) is 4.42. The van der Waals surface area contributed by atoms with E-state index in [2.05, 4.69) is 44.6 Å². The number of halogens is 2. The minimum absolute atomic E-state index is 0.0825. The van der Waals surface area contributed by atoms with Crippen molar-refractivity contribution in [1.82, 2.24) is 25.1 Å². The van der Waals surface area contributed by atoms with Gasteiger partial charge in [-0.15, -0.1) is 0 Å². The molecule has 1 aliphatic carbocycles. The Morgan fingerprint density at radius 1 is 1.05 bits per heavy atom. The first-order valence-electron chi connectivity index (χ1n) is 14.5. The average Bonchev–Trinajstić information content (AvgIpc) is 3.57. The van der Waals surface area contributed by atoms with Gasteiger partial charge in [0.1, 0.15) is 17.3 Å². The lowest BCUT2D eigenvalue weighted by molar-refractivity contribution is 0.0332. The fourth-order valence-corrected chi connectivity index (χ4v) is 6.14. The van der Waals surface area contributed by atoms with Crippen LogP contribution in [0.5, 0.6) is 0 Å². The van der Waals surface area contributed by atoms with Gasteiger partial charge in [0.2, 0.25) is 5.95 Å². The number of aliphatic imine (C=N–C) groups is 1. The number of hydrogen-bond acceptors (Lipinski definition) is 8. The zero-order valence-corrected chi connectivity index (χ0v) is 23.3. The summed E-state index contributed by atoms with van der Waals surface area (Å²) in [6.07, 6.45) is 5.87. The molecule has 3 fully saturated rings. The first-order chi connectivity index (χ1) is 19.9. The molecule has 1 unspecified atom stereocenters. The number of rotatable bonds is 7. The summed E-state index contributed by atoms with van der Waals surface area (Å²) < 4.78 is 35.7. The highest BCUT2D eigenvalue weighted by Crippen LogP contribution is 2.38. The number of aryl methyl sites for hydroxylation is 1. The maximum atomic E-state index is 15.2. The van der Waals surface area contributed by atoms with Gasteiger partial charge in [-0.2, -0.15) is 0 Å². The molecule has 1 aromatic heterocycles. The van der Waals surface area contributed by atoms with Crippen molar-refractivity contribution in [2.75, 3.05) is 51.3 Å². The molecule has 3 aliphatic heterocycles. The SMILES string of the molecule is Cc1ccc(Nc2ncc3c(n2)C(c2cc(F)c(CN4CCOCC4)c(F)c2)C=N3)cc1CN1CCNC2(CC2)C1. The van der Waals surface area contributed by atoms with Crippen LogP contribution in [-0.2, 0) is 17.8 Å². The van der Waals surface area contributed by atoms with Crippen LogP contribution >= 0.6 is 0 Å². The highest BCUT2D eigenvalue weighted by Gasteiger charge is 2.45. The molecule has 3 aromatic rings. The van der Waals surface area contributed by atoms with E-state index in [0.717, 1.165) is 31.9 Å². The number of anilines is 2. The lowest BCUT2D eigenvalue weighted by atomic mass is 9.95. The van der Waals surface area contributed by atoms with Gasteiger partial charge in [-0.25, -0.2) is 18.7 Å². The first kappa shape index (κ1) is 26.6. The topological polar surface area (TPSA) is 77.9 Å². The predicted molar refractivity (Wildman–Crippen MR) is 154 cm³/mol. The fourth-order valence-electron chi connectivity index (χ4n) is 6.14. The van der Waals surface area contributed by atoms with E-state index in [1.807, 2.05) is 11.0 Å². The molecule has 7 rings (SSSR count). The van der Waals surface area contributed by atoms with Gasteiger partial charge in [-0.1, -0.05) is 6.07 Å². The van der Waals surface area contributed by atoms with Crippen molar-refractivity contribution in [3.05, 3.63) is 76.1 Å². The third-order valence-corrected chi connectivity index (χ3v) is 8.77. The lowest BCUT2D eigenvalue weighted by Gasteiger charge is -2.34. The number of nitrogens with one attached hydrogen (secondary N) is 2. The summed E-state index contributed by atoms with van der Waals surface area (Å²) in [5, 5.41) is 7.02. The standard InChI is InChI=1S/C31H35F2N7O/c1-20-2-3-23(12-22(20)17-40-7-6-36-31(19-40)4-5-31)37-30-35-16-28-29(38-30)24(15-34-28)21-13-26(32)25(27(33)14-21)18-39-8-10-41-11-9-39/h2-3,12-16,24,36H,4-11,17-19H2,1H3,(H,35,37,38). The Morgan fingerprint density at radius 3 is 2.63 bits per heavy atom. The number of morpholine rings is 1. The molecule has 8 nitrogen and oxygen atoms in total. The molecule has 4 heterocycles. The zero-order chi connectivity index (χ0) is 28.0. The summed E-state index contributed by atoms with van der Waals surface area (Å²) in [5.41, 5.74) is 5.58. The van der Waals surface area contributed by atoms with Crippen molar-refractivity contribution < 1.29 is 13.5 Å². The number of fused-ring (bicyclic) bond motifs is 1. The van der Waals surface area contributed by atoms with Gasteiger partial charge >= 0.3 is 0 Å². The van der Waals surface area contributed by atoms with Gasteiger partial charge in [-0.05, 0) is 60.7 Å². The molecule has 2 saturated heterocycles. The van der Waals surface area contributed by atoms with Crippen molar-refractivity contribution in [3.8, 4) is 0 Å². The molecule has 0 bridgehead atoms. The molecule has 2 aromatic carbocycles. The van der Waals surface area contributed by atoms with Crippen LogP contribution in [0.3, 0.4) is 0 Å². The second-order valence-corrected chi connectivity index (χ2v) is 11.8. The zero-order valence-electron chi connectivity index (χ0n) is 23.3. The Balaban J connectivity index is 1.08. The summed E-state index contributed by atoms with van der Waals surface area (Å²) in [6.45, 7) is 8.93. The molecule has 1 atom stereocenters. The average molecular weight is 560 g/mol. The van der Waals surface area contributed by atoms with Gasteiger partial charge in [0.05, 0.1) is 31.0 Å². The number of aromatic nitrogens is 2. The van der Waals surface area contributed by atoms with Crippen LogP contribution in [0.2, 0.25) is 0 Å². The van der Waals surface area contributed by atoms with E-state index in [4.69, 9.17) is 9.72 Å². The highest BCUT2D eigenvalue weighted by atomic mass is 19.1. The molecule has 1 spiro atoms. The van der Waals surface area contributed by atoms with E-state index >= 15 is 8.78 Å². The Bertz CT molecular complexity index is 1460. The van der Waals surface area contributed by atoms with Crippen LogP contribution in [0.25, 0.3) is 0 Å². The largest absolute Gasteiger partial charge is 0.379 e. The second kappa shape index (κ2) is 10.8. The quantitative estimate of drug-likeness (QED) is 0.444. The van der Waals surface area contributed by atoms with Crippen molar-refractivity contribution in [2.24, 2.45) is 4.99 Å². The Hall–Kier alpha value is -3.31. The number of ether oxygens (including phenoxy) is 1. The molecular formula is C31H35F2N7O. The van der Waals surface area contributed by atoms with Crippen molar-refractivity contribution in [2.45, 2.75) is 44.3 Å². The van der Waals surface area contributed by atoms with Gasteiger partial charge in [0, 0.05) is 68.8 Å². The molecule has 41 heavy (non-hydrogen) atoms. The first-order valence-corrected chi connectivity index (χ1v) is 14.5. The normalized spacial score (nSPS) is 21.8. The van der Waals surface area contributed by atoms with Crippen LogP contribution < -0.4 is 10.6 Å². The van der Waals surface area contributed by atoms with Crippen molar-refractivity contribution in [3.63, 3.8) is 0 Å². The van der Waals surface area contributed by atoms with Gasteiger partial charge < -0.3 is 15.4 Å². The summed E-state index contributed by atoms with van der Waals surface area (Å²) in [4.78, 5) is 18.2. The van der Waals surface area contributed by atoms with E-state index < -0.39 is 17.6 Å². The summed E-state index contributed by atoms with van der Waals surface area (Å²) in [6, 6.07) is 9.14. The Kier molecular flexibility index (Phi) is 7.02. The van der Waals surface area contributed by atoms with E-state index in [-0.39, 0.29) is 12.1 Å². The maximum Gasteiger partial charge on any atom is 0.227 e. The molecule has 214 valence electrons. The van der Waals surface area contributed by atoms with Crippen LogP contribution in [0.4, 0.5) is 26.1 Å². The molecule has 0 radical (unpaired) electrons. The Morgan fingerprint density at radius 2 is 1.85 bits per heavy atom. The molecule has 0 amide bonds. The summed E-state index contributed by atoms with van der Waals surface area (Å²) >= 11 is 0. The number of piperazine rings is 1. The monoisotopic (exact) mass is 559 g/mol. The maximum absolute atomic E-state index is 15.2. The third-order valence-electron chi connectivity index (χ3n) is 8.77. The number of benzene rings is 2. The minimum Gasteiger partial charge on any atom is -0.379 e. The second-order valence-electron chi connectivity index (χ2n) is 11.8. The third kappa shape index (κ3) is 5.61. The van der Waals surface area contributed by atoms with Crippen LogP contribution in [0.1, 0.15) is 46.7 Å². The van der Waals surface area contributed by atoms with E-state index in [0.29, 0.717) is 54.7 Å². The molecule has 1 saturated carbocycles. The summed E-state index contributed by atoms with van der Waals surface area (Å²) in [5.74, 6) is -1.13. The van der Waals surface area contributed by atoms with Crippen LogP contribution in [0.15, 0.2) is 41.5 Å². The molecule has 4 aliphatic rings. The number of nitrogens with zero attached hydrogens (tertiary/aromatic N) is 5. The highest BCUT2D eigenvalue weighted by molar-refractivity contribution is 5.83. The molecular weight excluding hydrogens is 524 g/mol. The smallest absolute Gasteiger partial charge is 0.227 e. The van der Waals surface area contributed by atoms with Gasteiger partial charge in [-0.3, -0.25) is 14.8 Å². The van der Waals surface area contributed by atoms with E-state index in [9.17, 15) is 0 Å². The fraction of sp³-hybridized carbons (Fsp3) is 0.452. The van der Waals surface area contributed by atoms with Crippen molar-refractivity contribution in [1.29, 1.82) is 0 Å².